The molecule has 3 aromatic rings. The van der Waals surface area contributed by atoms with Gasteiger partial charge in [-0.25, -0.2) is 0 Å². The number of nitrogen functional groups attached to an aromatic ring is 1. The van der Waals surface area contributed by atoms with Crippen LogP contribution >= 0.6 is 11.8 Å². The Labute approximate surface area is 154 Å². The number of H-pyrrole nitrogens is 1. The molecule has 1 heterocycles. The molecule has 1 aromatic heterocycles. The van der Waals surface area contributed by atoms with Gasteiger partial charge in [0.05, 0.1) is 23.2 Å². The fourth-order valence-corrected chi connectivity index (χ4v) is 3.20. The number of carboxylic acid groups (broad SMARTS) is 1. The maximum absolute atomic E-state index is 10.8. The van der Waals surface area contributed by atoms with Crippen LogP contribution in [0.25, 0.3) is 11.4 Å². The van der Waals surface area contributed by atoms with E-state index in [4.69, 9.17) is 10.6 Å². The van der Waals surface area contributed by atoms with E-state index < -0.39 is 5.97 Å². The molecule has 0 atom stereocenters. The molecule has 0 bridgehead atoms. The van der Waals surface area contributed by atoms with Gasteiger partial charge in [-0.15, -0.1) is 9.77 Å². The summed E-state index contributed by atoms with van der Waals surface area (Å²) in [7, 11) is 0. The van der Waals surface area contributed by atoms with Gasteiger partial charge in [-0.1, -0.05) is 24.3 Å². The van der Waals surface area contributed by atoms with E-state index in [1.165, 1.54) is 28.6 Å². The lowest BCUT2D eigenvalue weighted by Gasteiger charge is -2.04. The van der Waals surface area contributed by atoms with Crippen molar-refractivity contribution in [3.8, 4) is 17.1 Å². The zero-order chi connectivity index (χ0) is 18.5. The largest absolute Gasteiger partial charge is 0.545 e. The first-order valence-corrected chi connectivity index (χ1v) is 8.99. The molecule has 2 aromatic carbocycles. The summed E-state index contributed by atoms with van der Waals surface area (Å²) in [5.74, 6) is 7.05. The topological polar surface area (TPSA) is 108 Å². The molecule has 0 aliphatic rings. The van der Waals surface area contributed by atoms with Crippen LogP contribution in [0, 0.1) is 0 Å². The second-order valence-corrected chi connectivity index (χ2v) is 6.40. The van der Waals surface area contributed by atoms with Gasteiger partial charge in [0.25, 0.3) is 5.82 Å². The lowest BCUT2D eigenvalue weighted by Crippen LogP contribution is -2.46. The van der Waals surface area contributed by atoms with Crippen LogP contribution in [0.2, 0.25) is 0 Å². The molecule has 7 nitrogen and oxygen atoms in total. The van der Waals surface area contributed by atoms with E-state index in [1.807, 2.05) is 31.2 Å². The Balaban J connectivity index is 1.69. The predicted molar refractivity (Wildman–Crippen MR) is 95.9 cm³/mol. The number of aromatic amines is 1. The summed E-state index contributed by atoms with van der Waals surface area (Å²) in [6.07, 6.45) is 0. The van der Waals surface area contributed by atoms with Crippen molar-refractivity contribution in [2.45, 2.75) is 17.8 Å². The summed E-state index contributed by atoms with van der Waals surface area (Å²) < 4.78 is 6.93. The summed E-state index contributed by atoms with van der Waals surface area (Å²) in [5.41, 5.74) is 2.02. The molecule has 134 valence electrons. The molecule has 26 heavy (non-hydrogen) atoms. The second-order valence-electron chi connectivity index (χ2n) is 5.46. The third-order valence-corrected chi connectivity index (χ3v) is 4.72. The Bertz CT molecular complexity index is 892. The van der Waals surface area contributed by atoms with Gasteiger partial charge in [0.15, 0.2) is 0 Å². The normalized spacial score (nSPS) is 10.7. The molecule has 0 spiro atoms. The summed E-state index contributed by atoms with van der Waals surface area (Å²) >= 11 is 1.45. The molecular weight excluding hydrogens is 352 g/mol. The van der Waals surface area contributed by atoms with Gasteiger partial charge < -0.3 is 14.6 Å². The number of aromatic nitrogens is 3. The summed E-state index contributed by atoms with van der Waals surface area (Å²) in [5, 5.41) is 18.6. The SMILES string of the molecule is CCOc1ccc(-c2[nH]nc(SCc3ccc(C(=O)[O-])cc3)[n+]2N)cc1. The fraction of sp³-hybridized carbons (Fsp3) is 0.167. The molecular formula is C18H18N4O3S. The zero-order valence-corrected chi connectivity index (χ0v) is 15.0. The Morgan fingerprint density at radius 1 is 1.23 bits per heavy atom. The van der Waals surface area contributed by atoms with E-state index in [1.54, 1.807) is 12.1 Å². The number of hydrogen-bond donors (Lipinski definition) is 2. The van der Waals surface area contributed by atoms with Gasteiger partial charge in [-0.2, -0.15) is 0 Å². The average molecular weight is 370 g/mol. The van der Waals surface area contributed by atoms with Crippen molar-refractivity contribution in [1.29, 1.82) is 0 Å². The van der Waals surface area contributed by atoms with E-state index in [2.05, 4.69) is 10.2 Å². The minimum atomic E-state index is -1.18. The van der Waals surface area contributed by atoms with Gasteiger partial charge in [-0.3, -0.25) is 5.84 Å². The standard InChI is InChI=1S/C18H18N4O3S/c1-2-25-15-9-7-13(8-10-15)16-20-21-18(22(16)19)26-11-12-3-5-14(6-4-12)17(23)24/h3-10H,2,11,19H2,1H3,(H,23,24). The van der Waals surface area contributed by atoms with Gasteiger partial charge in [0.1, 0.15) is 5.75 Å². The van der Waals surface area contributed by atoms with Crippen molar-refractivity contribution < 1.29 is 19.3 Å². The van der Waals surface area contributed by atoms with Crippen molar-refractivity contribution in [2.24, 2.45) is 0 Å². The predicted octanol–water partition coefficient (Wildman–Crippen LogP) is 1.13. The Morgan fingerprint density at radius 3 is 2.54 bits per heavy atom. The van der Waals surface area contributed by atoms with E-state index in [0.717, 1.165) is 16.9 Å². The number of rotatable bonds is 7. The molecule has 8 heteroatoms. The Kier molecular flexibility index (Phi) is 5.43. The molecule has 0 unspecified atom stereocenters. The van der Waals surface area contributed by atoms with Crippen LogP contribution in [0.1, 0.15) is 22.8 Å². The molecule has 0 amide bonds. The minimum Gasteiger partial charge on any atom is -0.545 e. The first kappa shape index (κ1) is 17.8. The highest BCUT2D eigenvalue weighted by atomic mass is 32.2. The average Bonchev–Trinajstić information content (AvgIpc) is 3.02. The number of carboxylic acids is 1. The van der Waals surface area contributed by atoms with Gasteiger partial charge in [0, 0.05) is 5.75 Å². The van der Waals surface area contributed by atoms with E-state index in [9.17, 15) is 9.90 Å². The number of nitrogens with one attached hydrogen (secondary N) is 1. The number of carbonyl (C=O) groups is 1. The van der Waals surface area contributed by atoms with E-state index in [-0.39, 0.29) is 5.56 Å². The molecule has 0 radical (unpaired) electrons. The van der Waals surface area contributed by atoms with Crippen LogP contribution in [-0.4, -0.2) is 22.8 Å². The number of nitrogens with two attached hydrogens (primary N) is 1. The summed E-state index contributed by atoms with van der Waals surface area (Å²) in [6, 6.07) is 14.1. The molecule has 0 fully saturated rings. The van der Waals surface area contributed by atoms with Gasteiger partial charge >= 0.3 is 5.16 Å². The van der Waals surface area contributed by atoms with Crippen molar-refractivity contribution in [3.63, 3.8) is 0 Å². The number of thioether (sulfide) groups is 1. The van der Waals surface area contributed by atoms with Crippen LogP contribution in [0.4, 0.5) is 0 Å². The molecule has 3 rings (SSSR count). The lowest BCUT2D eigenvalue weighted by molar-refractivity contribution is -0.666. The number of benzene rings is 2. The molecule has 0 aliphatic heterocycles. The van der Waals surface area contributed by atoms with Gasteiger partial charge in [-0.05, 0) is 54.1 Å². The highest BCUT2D eigenvalue weighted by Crippen LogP contribution is 2.22. The third-order valence-electron chi connectivity index (χ3n) is 3.70. The molecule has 3 N–H and O–H groups in total. The maximum atomic E-state index is 10.8. The first-order valence-electron chi connectivity index (χ1n) is 8.00. The number of ether oxygens (including phenoxy) is 1. The Hall–Kier alpha value is -3.00. The van der Waals surface area contributed by atoms with Crippen molar-refractivity contribution in [1.82, 2.24) is 10.2 Å². The fourth-order valence-electron chi connectivity index (χ4n) is 2.37. The van der Waals surface area contributed by atoms with Crippen molar-refractivity contribution >= 4 is 17.7 Å². The number of hydrogen-bond acceptors (Lipinski definition) is 6. The molecule has 0 aliphatic carbocycles. The highest BCUT2D eigenvalue weighted by Gasteiger charge is 2.20. The van der Waals surface area contributed by atoms with Crippen LogP contribution in [0.5, 0.6) is 5.75 Å². The van der Waals surface area contributed by atoms with E-state index in [0.29, 0.717) is 23.3 Å². The smallest absolute Gasteiger partial charge is 0.358 e. The van der Waals surface area contributed by atoms with Gasteiger partial charge in [0.2, 0.25) is 0 Å². The van der Waals surface area contributed by atoms with Crippen LogP contribution in [0.15, 0.2) is 53.7 Å². The maximum Gasteiger partial charge on any atom is 0.358 e. The monoisotopic (exact) mass is 370 g/mol. The van der Waals surface area contributed by atoms with Crippen molar-refractivity contribution in [3.05, 3.63) is 59.7 Å². The number of nitrogens with zero attached hydrogens (tertiary/aromatic N) is 2. The number of carbonyl (C=O) groups excluding carboxylic acids is 1. The van der Waals surface area contributed by atoms with E-state index >= 15 is 0 Å². The summed E-state index contributed by atoms with van der Waals surface area (Å²) in [4.78, 5) is 10.8. The highest BCUT2D eigenvalue weighted by molar-refractivity contribution is 7.98. The van der Waals surface area contributed by atoms with Crippen LogP contribution in [0.3, 0.4) is 0 Å². The minimum absolute atomic E-state index is 0.158. The summed E-state index contributed by atoms with van der Waals surface area (Å²) in [6.45, 7) is 2.55. The third kappa shape index (κ3) is 3.97. The first-order chi connectivity index (χ1) is 12.6. The van der Waals surface area contributed by atoms with Crippen LogP contribution in [-0.2, 0) is 5.75 Å². The van der Waals surface area contributed by atoms with Crippen molar-refractivity contribution in [2.75, 3.05) is 12.4 Å². The lowest BCUT2D eigenvalue weighted by atomic mass is 10.1. The Morgan fingerprint density at radius 2 is 1.92 bits per heavy atom. The number of aromatic carboxylic acids is 1. The zero-order valence-electron chi connectivity index (χ0n) is 14.1. The van der Waals surface area contributed by atoms with Crippen LogP contribution < -0.4 is 20.4 Å². The quantitative estimate of drug-likeness (QED) is 0.367. The second kappa shape index (κ2) is 7.92. The molecule has 0 saturated heterocycles. The molecule has 0 saturated carbocycles.